The van der Waals surface area contributed by atoms with Crippen LogP contribution in [0.15, 0.2) is 73.1 Å². The highest BCUT2D eigenvalue weighted by atomic mass is 16.5. The van der Waals surface area contributed by atoms with Crippen LogP contribution in [-0.4, -0.2) is 31.3 Å². The van der Waals surface area contributed by atoms with Crippen LogP contribution < -0.4 is 10.1 Å². The number of hydrogen-bond donors (Lipinski definition) is 1. The first kappa shape index (κ1) is 18.7. The number of aromatic nitrogens is 1. The number of amides is 1. The Morgan fingerprint density at radius 1 is 1.07 bits per heavy atom. The zero-order valence-corrected chi connectivity index (χ0v) is 16.2. The van der Waals surface area contributed by atoms with Crippen molar-refractivity contribution in [1.82, 2.24) is 10.3 Å². The van der Waals surface area contributed by atoms with Gasteiger partial charge in [-0.1, -0.05) is 60.7 Å². The topological polar surface area (TPSA) is 60.5 Å². The molecule has 1 aromatic heterocycles. The molecule has 4 rings (SSSR count). The Bertz CT molecular complexity index is 1000. The van der Waals surface area contributed by atoms with Crippen molar-refractivity contribution in [1.29, 1.82) is 0 Å². The number of nitrogens with one attached hydrogen (secondary N) is 1. The molecule has 146 valence electrons. The molecule has 0 spiro atoms. The standard InChI is InChI=1S/C24H22N2O3/c1-28-23-12-14-25-15-17(23)7-6-13-26-24(27)29-16-22-20-10-4-2-8-18(20)19-9-3-5-11-21(19)22/h2-12,14-15,22H,13,16H2,1H3,(H,26,27). The third-order valence-corrected chi connectivity index (χ3v) is 5.04. The number of carbonyl (C=O) groups excluding carboxylic acids is 1. The number of hydrogen-bond acceptors (Lipinski definition) is 4. The quantitative estimate of drug-likeness (QED) is 0.670. The predicted molar refractivity (Wildman–Crippen MR) is 113 cm³/mol. The molecule has 1 aliphatic carbocycles. The second-order valence-corrected chi connectivity index (χ2v) is 6.73. The number of fused-ring (bicyclic) bond motifs is 3. The summed E-state index contributed by atoms with van der Waals surface area (Å²) in [5.74, 6) is 0.792. The molecular weight excluding hydrogens is 364 g/mol. The average Bonchev–Trinajstić information content (AvgIpc) is 3.09. The first-order valence-electron chi connectivity index (χ1n) is 9.51. The Hall–Kier alpha value is -3.60. The van der Waals surface area contributed by atoms with Crippen LogP contribution >= 0.6 is 0 Å². The van der Waals surface area contributed by atoms with E-state index in [1.54, 1.807) is 25.6 Å². The molecule has 0 saturated heterocycles. The van der Waals surface area contributed by atoms with Crippen LogP contribution in [0.4, 0.5) is 4.79 Å². The fourth-order valence-electron chi connectivity index (χ4n) is 3.68. The van der Waals surface area contributed by atoms with Crippen molar-refractivity contribution in [3.63, 3.8) is 0 Å². The summed E-state index contributed by atoms with van der Waals surface area (Å²) in [7, 11) is 1.61. The summed E-state index contributed by atoms with van der Waals surface area (Å²) in [5.41, 5.74) is 5.68. The number of rotatable bonds is 6. The Balaban J connectivity index is 1.34. The average molecular weight is 386 g/mol. The summed E-state index contributed by atoms with van der Waals surface area (Å²) in [4.78, 5) is 16.2. The second kappa shape index (κ2) is 8.61. The normalized spacial score (nSPS) is 12.4. The molecule has 0 atom stereocenters. The van der Waals surface area contributed by atoms with E-state index < -0.39 is 6.09 Å². The van der Waals surface area contributed by atoms with Gasteiger partial charge in [0.15, 0.2) is 0 Å². The number of methoxy groups -OCH3 is 1. The zero-order chi connectivity index (χ0) is 20.1. The van der Waals surface area contributed by atoms with Gasteiger partial charge in [-0.2, -0.15) is 0 Å². The maximum Gasteiger partial charge on any atom is 0.407 e. The van der Waals surface area contributed by atoms with Crippen LogP contribution in [0.1, 0.15) is 22.6 Å². The molecule has 0 saturated carbocycles. The monoisotopic (exact) mass is 386 g/mol. The van der Waals surface area contributed by atoms with Crippen LogP contribution in [0.25, 0.3) is 17.2 Å². The third-order valence-electron chi connectivity index (χ3n) is 5.04. The first-order valence-corrected chi connectivity index (χ1v) is 9.51. The minimum atomic E-state index is -0.435. The molecule has 29 heavy (non-hydrogen) atoms. The lowest BCUT2D eigenvalue weighted by Crippen LogP contribution is -2.26. The van der Waals surface area contributed by atoms with E-state index in [9.17, 15) is 4.79 Å². The molecule has 5 nitrogen and oxygen atoms in total. The Labute approximate surface area is 170 Å². The van der Waals surface area contributed by atoms with E-state index in [1.807, 2.05) is 36.4 Å². The number of ether oxygens (including phenoxy) is 2. The Morgan fingerprint density at radius 2 is 1.76 bits per heavy atom. The van der Waals surface area contributed by atoms with Gasteiger partial charge in [-0.25, -0.2) is 4.79 Å². The molecule has 2 aromatic carbocycles. The second-order valence-electron chi connectivity index (χ2n) is 6.73. The van der Waals surface area contributed by atoms with Gasteiger partial charge >= 0.3 is 6.09 Å². The van der Waals surface area contributed by atoms with Crippen LogP contribution in [0.5, 0.6) is 5.75 Å². The van der Waals surface area contributed by atoms with E-state index >= 15 is 0 Å². The number of benzene rings is 2. The molecule has 0 bridgehead atoms. The van der Waals surface area contributed by atoms with E-state index in [0.717, 1.165) is 11.3 Å². The van der Waals surface area contributed by atoms with Gasteiger partial charge in [0.1, 0.15) is 12.4 Å². The first-order chi connectivity index (χ1) is 14.3. The highest BCUT2D eigenvalue weighted by Gasteiger charge is 2.28. The van der Waals surface area contributed by atoms with Gasteiger partial charge in [-0.3, -0.25) is 4.98 Å². The molecule has 3 aromatic rings. The van der Waals surface area contributed by atoms with Crippen molar-refractivity contribution in [2.24, 2.45) is 0 Å². The smallest absolute Gasteiger partial charge is 0.407 e. The van der Waals surface area contributed by atoms with Crippen molar-refractivity contribution in [3.8, 4) is 16.9 Å². The van der Waals surface area contributed by atoms with Crippen molar-refractivity contribution in [3.05, 3.63) is 89.8 Å². The molecule has 1 heterocycles. The minimum Gasteiger partial charge on any atom is -0.496 e. The van der Waals surface area contributed by atoms with Gasteiger partial charge in [-0.05, 0) is 28.3 Å². The fraction of sp³-hybridized carbons (Fsp3) is 0.167. The maximum absolute atomic E-state index is 12.2. The molecule has 1 N–H and O–H groups in total. The van der Waals surface area contributed by atoms with Crippen LogP contribution in [0.3, 0.4) is 0 Å². The highest BCUT2D eigenvalue weighted by Crippen LogP contribution is 2.44. The van der Waals surface area contributed by atoms with E-state index in [0.29, 0.717) is 13.2 Å². The van der Waals surface area contributed by atoms with Crippen molar-refractivity contribution in [2.75, 3.05) is 20.3 Å². The minimum absolute atomic E-state index is 0.0587. The molecule has 1 aliphatic rings. The lowest BCUT2D eigenvalue weighted by Gasteiger charge is -2.14. The van der Waals surface area contributed by atoms with Crippen LogP contribution in [0, 0.1) is 0 Å². The summed E-state index contributed by atoms with van der Waals surface area (Å²) in [6, 6.07) is 18.3. The molecule has 0 radical (unpaired) electrons. The summed E-state index contributed by atoms with van der Waals surface area (Å²) in [5, 5.41) is 2.75. The van der Waals surface area contributed by atoms with Gasteiger partial charge < -0.3 is 14.8 Å². The Morgan fingerprint density at radius 3 is 2.45 bits per heavy atom. The van der Waals surface area contributed by atoms with Crippen molar-refractivity contribution in [2.45, 2.75) is 5.92 Å². The van der Waals surface area contributed by atoms with Gasteiger partial charge in [0.05, 0.1) is 7.11 Å². The highest BCUT2D eigenvalue weighted by molar-refractivity contribution is 5.79. The third kappa shape index (κ3) is 3.99. The van der Waals surface area contributed by atoms with E-state index in [2.05, 4.69) is 34.6 Å². The number of nitrogens with zero attached hydrogens (tertiary/aromatic N) is 1. The molecule has 0 unspecified atom stereocenters. The summed E-state index contributed by atoms with van der Waals surface area (Å²) < 4.78 is 10.8. The number of alkyl carbamates (subject to hydrolysis) is 1. The fourth-order valence-corrected chi connectivity index (χ4v) is 3.68. The number of carbonyl (C=O) groups is 1. The van der Waals surface area contributed by atoms with Gasteiger partial charge in [-0.15, -0.1) is 0 Å². The van der Waals surface area contributed by atoms with Gasteiger partial charge in [0.2, 0.25) is 0 Å². The van der Waals surface area contributed by atoms with E-state index in [-0.39, 0.29) is 5.92 Å². The lowest BCUT2D eigenvalue weighted by molar-refractivity contribution is 0.144. The van der Waals surface area contributed by atoms with Crippen LogP contribution in [0.2, 0.25) is 0 Å². The summed E-state index contributed by atoms with van der Waals surface area (Å²) in [6.45, 7) is 0.661. The molecular formula is C24H22N2O3. The van der Waals surface area contributed by atoms with Crippen molar-refractivity contribution >= 4 is 12.2 Å². The molecule has 1 amide bonds. The summed E-state index contributed by atoms with van der Waals surface area (Å²) >= 11 is 0. The van der Waals surface area contributed by atoms with Crippen LogP contribution in [-0.2, 0) is 4.74 Å². The predicted octanol–water partition coefficient (Wildman–Crippen LogP) is 4.64. The van der Waals surface area contributed by atoms with E-state index in [1.165, 1.54) is 22.3 Å². The van der Waals surface area contributed by atoms with Gasteiger partial charge in [0, 0.05) is 30.4 Å². The largest absolute Gasteiger partial charge is 0.496 e. The zero-order valence-electron chi connectivity index (χ0n) is 16.2. The van der Waals surface area contributed by atoms with E-state index in [4.69, 9.17) is 9.47 Å². The van der Waals surface area contributed by atoms with Crippen molar-refractivity contribution < 1.29 is 14.3 Å². The molecule has 0 fully saturated rings. The maximum atomic E-state index is 12.2. The van der Waals surface area contributed by atoms with Gasteiger partial charge in [0.25, 0.3) is 0 Å². The number of pyridine rings is 1. The lowest BCUT2D eigenvalue weighted by atomic mass is 9.98. The summed E-state index contributed by atoms with van der Waals surface area (Å²) in [6.07, 6.45) is 6.64. The molecule has 5 heteroatoms. The molecule has 0 aliphatic heterocycles. The Kier molecular flexibility index (Phi) is 5.56. The SMILES string of the molecule is COc1ccncc1C=CCNC(=O)OCC1c2ccccc2-c2ccccc21.